The molecule has 4 nitrogen and oxygen atoms in total. The van der Waals surface area contributed by atoms with E-state index in [1.54, 1.807) is 27.9 Å². The van der Waals surface area contributed by atoms with E-state index in [0.717, 1.165) is 23.9 Å². The second-order valence-electron chi connectivity index (χ2n) is 3.00. The minimum absolute atomic E-state index is 0.153. The second-order valence-corrected chi connectivity index (χ2v) is 4.07. The minimum atomic E-state index is -0.153. The molecule has 1 aromatic rings. The Kier molecular flexibility index (Phi) is 2.03. The van der Waals surface area contributed by atoms with Crippen molar-refractivity contribution in [3.05, 3.63) is 5.69 Å². The van der Waals surface area contributed by atoms with Gasteiger partial charge in [0.05, 0.1) is 13.6 Å². The van der Waals surface area contributed by atoms with Crippen molar-refractivity contribution in [2.24, 2.45) is 7.05 Å². The molecular weight excluding hydrogens is 188 g/mol. The van der Waals surface area contributed by atoms with Crippen LogP contribution in [-0.4, -0.2) is 16.6 Å². The van der Waals surface area contributed by atoms with Crippen LogP contribution in [0.5, 0.6) is 5.88 Å². The summed E-state index contributed by atoms with van der Waals surface area (Å²) < 4.78 is 3.36. The van der Waals surface area contributed by atoms with Gasteiger partial charge in [-0.25, -0.2) is 9.13 Å². The Balaban J connectivity index is 2.62. The molecule has 0 amide bonds. The number of hydrogen-bond acceptors (Lipinski definition) is 3. The third kappa shape index (κ3) is 1.14. The molecule has 0 N–H and O–H groups in total. The summed E-state index contributed by atoms with van der Waals surface area (Å²) in [5.74, 6) is 0.870. The maximum Gasteiger partial charge on any atom is 0.317 e. The monoisotopic (exact) mass is 198 g/mol. The van der Waals surface area contributed by atoms with E-state index < -0.39 is 0 Å². The predicted molar refractivity (Wildman–Crippen MR) is 45.8 cm³/mol. The molecule has 0 atom stereocenters. The Morgan fingerprint density at radius 3 is 3.08 bits per heavy atom. The molecule has 1 aliphatic heterocycles. The Morgan fingerprint density at radius 1 is 1.69 bits per heavy atom. The zero-order chi connectivity index (χ0) is 9.42. The number of aldehydes is 1. The van der Waals surface area contributed by atoms with Gasteiger partial charge in [-0.15, -0.1) is 0 Å². The van der Waals surface area contributed by atoms with Crippen LogP contribution in [0.4, 0.5) is 0 Å². The predicted octanol–water partition coefficient (Wildman–Crippen LogP) is -0.306. The van der Waals surface area contributed by atoms with Crippen LogP contribution in [0.2, 0.25) is 0 Å². The Hall–Kier alpha value is -0.970. The van der Waals surface area contributed by atoms with E-state index in [1.165, 1.54) is 0 Å². The van der Waals surface area contributed by atoms with Crippen LogP contribution in [0.3, 0.4) is 0 Å². The number of imidazole rings is 1. The van der Waals surface area contributed by atoms with E-state index in [2.05, 4.69) is 0 Å². The number of carbonyl (C=O) groups excluding carboxylic acids is 1. The molecule has 0 aromatic carbocycles. The van der Waals surface area contributed by atoms with Crippen LogP contribution in [0.1, 0.15) is 16.9 Å². The molecule has 2 heterocycles. The van der Waals surface area contributed by atoms with E-state index in [0.29, 0.717) is 6.29 Å². The van der Waals surface area contributed by atoms with Crippen molar-refractivity contribution < 1.29 is 14.5 Å². The van der Waals surface area contributed by atoms with Crippen LogP contribution >= 0.6 is 11.8 Å². The third-order valence-corrected chi connectivity index (χ3v) is 3.46. The van der Waals surface area contributed by atoms with E-state index in [4.69, 9.17) is 0 Å². The van der Waals surface area contributed by atoms with Crippen molar-refractivity contribution in [2.75, 3.05) is 5.75 Å². The van der Waals surface area contributed by atoms with Crippen LogP contribution in [-0.2, 0) is 13.6 Å². The standard InChI is InChI=1S/C8H10N2O2S/c1-9-6(5-11)7(12)10-3-2-4-13-8(9)10/h5H,2-4H2,1H3. The van der Waals surface area contributed by atoms with E-state index in [1.807, 2.05) is 0 Å². The summed E-state index contributed by atoms with van der Waals surface area (Å²) in [6, 6.07) is 0. The molecule has 0 spiro atoms. The topological polar surface area (TPSA) is 48.9 Å². The van der Waals surface area contributed by atoms with Crippen LogP contribution in [0.25, 0.3) is 0 Å². The molecule has 1 aromatic heterocycles. The van der Waals surface area contributed by atoms with Gasteiger partial charge in [-0.3, -0.25) is 4.79 Å². The summed E-state index contributed by atoms with van der Waals surface area (Å²) in [4.78, 5) is 10.6. The normalized spacial score (nSPS) is 15.5. The molecule has 1 aliphatic rings. The summed E-state index contributed by atoms with van der Waals surface area (Å²) in [6.45, 7) is 0.739. The van der Waals surface area contributed by atoms with Gasteiger partial charge in [-0.2, -0.15) is 0 Å². The third-order valence-electron chi connectivity index (χ3n) is 2.21. The second kappa shape index (κ2) is 3.06. The van der Waals surface area contributed by atoms with Crippen LogP contribution in [0.15, 0.2) is 5.16 Å². The lowest BCUT2D eigenvalue weighted by molar-refractivity contribution is -0.767. The molecule has 0 bridgehead atoms. The number of thioether (sulfide) groups is 1. The summed E-state index contributed by atoms with van der Waals surface area (Å²) in [5, 5.41) is 12.5. The number of rotatable bonds is 1. The maximum atomic E-state index is 11.6. The van der Waals surface area contributed by atoms with Crippen molar-refractivity contribution in [1.82, 2.24) is 4.57 Å². The lowest BCUT2D eigenvalue weighted by Crippen LogP contribution is -2.40. The fourth-order valence-corrected chi connectivity index (χ4v) is 2.62. The molecule has 70 valence electrons. The number of hydrogen-bond donors (Lipinski definition) is 0. The Labute approximate surface area is 80.2 Å². The molecule has 0 aliphatic carbocycles. The van der Waals surface area contributed by atoms with E-state index >= 15 is 0 Å². The molecule has 0 fully saturated rings. The average Bonchev–Trinajstić information content (AvgIpc) is 2.41. The fraction of sp³-hybridized carbons (Fsp3) is 0.500. The van der Waals surface area contributed by atoms with E-state index in [9.17, 15) is 9.90 Å². The molecule has 0 saturated heterocycles. The SMILES string of the molecule is Cn1c(C=O)c([O-])[n+]2c1SCCC2. The van der Waals surface area contributed by atoms with Gasteiger partial charge in [0.1, 0.15) is 5.88 Å². The van der Waals surface area contributed by atoms with Crippen molar-refractivity contribution in [3.8, 4) is 5.88 Å². The minimum Gasteiger partial charge on any atom is -0.839 e. The van der Waals surface area contributed by atoms with Crippen LogP contribution < -0.4 is 9.67 Å². The number of fused-ring (bicyclic) bond motifs is 1. The van der Waals surface area contributed by atoms with E-state index in [-0.39, 0.29) is 11.6 Å². The first-order valence-electron chi connectivity index (χ1n) is 4.13. The molecule has 0 radical (unpaired) electrons. The summed E-state index contributed by atoms with van der Waals surface area (Å²) >= 11 is 1.63. The largest absolute Gasteiger partial charge is 0.839 e. The fourth-order valence-electron chi connectivity index (χ4n) is 1.54. The highest BCUT2D eigenvalue weighted by Gasteiger charge is 2.25. The van der Waals surface area contributed by atoms with Gasteiger partial charge in [-0.1, -0.05) is 0 Å². The van der Waals surface area contributed by atoms with Crippen LogP contribution in [0, 0.1) is 0 Å². The van der Waals surface area contributed by atoms with Gasteiger partial charge < -0.3 is 5.11 Å². The summed E-state index contributed by atoms with van der Waals surface area (Å²) in [6.07, 6.45) is 1.63. The van der Waals surface area contributed by atoms with Gasteiger partial charge >= 0.3 is 5.16 Å². The van der Waals surface area contributed by atoms with Crippen molar-refractivity contribution >= 4 is 18.0 Å². The molecule has 2 rings (SSSR count). The summed E-state index contributed by atoms with van der Waals surface area (Å²) in [7, 11) is 1.76. The molecule has 0 unspecified atom stereocenters. The zero-order valence-electron chi connectivity index (χ0n) is 7.32. The number of nitrogens with zero attached hydrogens (tertiary/aromatic N) is 2. The smallest absolute Gasteiger partial charge is 0.317 e. The first-order valence-corrected chi connectivity index (χ1v) is 5.11. The lowest BCUT2D eigenvalue weighted by atomic mass is 10.4. The zero-order valence-corrected chi connectivity index (χ0v) is 8.13. The first-order chi connectivity index (χ1) is 6.25. The maximum absolute atomic E-state index is 11.6. The molecule has 5 heteroatoms. The molecule has 13 heavy (non-hydrogen) atoms. The van der Waals surface area contributed by atoms with Gasteiger partial charge in [0.2, 0.25) is 0 Å². The molecular formula is C8H10N2O2S. The lowest BCUT2D eigenvalue weighted by Gasteiger charge is -2.10. The van der Waals surface area contributed by atoms with Gasteiger partial charge in [0.15, 0.2) is 12.0 Å². The van der Waals surface area contributed by atoms with Gasteiger partial charge in [0, 0.05) is 5.75 Å². The van der Waals surface area contributed by atoms with Crippen molar-refractivity contribution in [2.45, 2.75) is 18.1 Å². The van der Waals surface area contributed by atoms with Gasteiger partial charge in [0.25, 0.3) is 0 Å². The highest BCUT2D eigenvalue weighted by atomic mass is 32.2. The van der Waals surface area contributed by atoms with Gasteiger partial charge in [-0.05, 0) is 18.2 Å². The highest BCUT2D eigenvalue weighted by Crippen LogP contribution is 2.24. The number of aromatic nitrogens is 2. The van der Waals surface area contributed by atoms with Crippen molar-refractivity contribution in [1.29, 1.82) is 0 Å². The Morgan fingerprint density at radius 2 is 2.46 bits per heavy atom. The number of carbonyl (C=O) groups is 1. The van der Waals surface area contributed by atoms with Crippen molar-refractivity contribution in [3.63, 3.8) is 0 Å². The average molecular weight is 198 g/mol. The molecule has 0 saturated carbocycles. The highest BCUT2D eigenvalue weighted by molar-refractivity contribution is 7.99. The first kappa shape index (κ1) is 8.62. The quantitative estimate of drug-likeness (QED) is 0.459. The summed E-state index contributed by atoms with van der Waals surface area (Å²) in [5.41, 5.74) is 0.254. The Bertz CT molecular complexity index is 330.